The number of hydrogen-bond donors (Lipinski definition) is 3. The highest BCUT2D eigenvalue weighted by Crippen LogP contribution is 2.62. The van der Waals surface area contributed by atoms with E-state index in [-0.39, 0.29) is 28.1 Å². The van der Waals surface area contributed by atoms with Crippen LogP contribution in [-0.2, 0) is 14.6 Å². The monoisotopic (exact) mass is 659 g/mol. The van der Waals surface area contributed by atoms with E-state index in [4.69, 9.17) is 4.52 Å². The van der Waals surface area contributed by atoms with Crippen LogP contribution in [0.2, 0.25) is 0 Å². The molecule has 1 unspecified atom stereocenters. The van der Waals surface area contributed by atoms with E-state index in [0.717, 1.165) is 19.3 Å². The van der Waals surface area contributed by atoms with Crippen LogP contribution in [0.5, 0.6) is 0 Å². The van der Waals surface area contributed by atoms with Gasteiger partial charge in [-0.3, -0.25) is 9.51 Å². The van der Waals surface area contributed by atoms with Crippen LogP contribution in [0.15, 0.2) is 36.7 Å². The minimum Gasteiger partial charge on any atom is -0.380 e. The Morgan fingerprint density at radius 1 is 1.21 bits per heavy atom. The number of nitrogens with zero attached hydrogens (tertiary/aromatic N) is 8. The third-order valence-corrected chi connectivity index (χ3v) is 9.99. The molecule has 0 aliphatic heterocycles. The number of fused-ring (bicyclic) bond motifs is 1. The Kier molecular flexibility index (Phi) is 8.05. The van der Waals surface area contributed by atoms with Crippen LogP contribution in [0.4, 0.5) is 15.8 Å². The minimum absolute atomic E-state index is 0.107. The zero-order valence-corrected chi connectivity index (χ0v) is 27.5. The van der Waals surface area contributed by atoms with Gasteiger partial charge in [-0.1, -0.05) is 32.1 Å². The number of anilines is 2. The third kappa shape index (κ3) is 6.06. The van der Waals surface area contributed by atoms with Crippen molar-refractivity contribution in [3.05, 3.63) is 70.7 Å². The van der Waals surface area contributed by atoms with E-state index < -0.39 is 26.5 Å². The standard InChI is InChI=1S/C32H35FN9O4P/c1-18-24(6-7-27(33)37-18)30(26-16-42(40-39-26)32-10-20(11-32)12-32)41(17-46-47(43,44)45)23-8-21(13-34)28-25(9-23)29(22(14-35)15-36-28)38-19(2)31(3,4)5/h6-9,15-16,19-20,30H,10-12,17H2,1-5H3,(H,36,38)(H2,43,44,45)/t19-,20?,30?,32?/m1/s1. The van der Waals surface area contributed by atoms with Gasteiger partial charge in [0, 0.05) is 34.6 Å². The second kappa shape index (κ2) is 11.7. The van der Waals surface area contributed by atoms with Crippen molar-refractivity contribution >= 4 is 30.1 Å². The summed E-state index contributed by atoms with van der Waals surface area (Å²) in [5, 5.41) is 33.2. The number of phosphoric ester groups is 1. The first-order valence-electron chi connectivity index (χ1n) is 15.2. The number of nitriles is 2. The summed E-state index contributed by atoms with van der Waals surface area (Å²) in [6.45, 7) is 9.11. The lowest BCUT2D eigenvalue weighted by atomic mass is 9.50. The molecule has 3 aromatic heterocycles. The first-order chi connectivity index (χ1) is 22.1. The van der Waals surface area contributed by atoms with Crippen molar-refractivity contribution < 1.29 is 23.3 Å². The predicted molar refractivity (Wildman–Crippen MR) is 170 cm³/mol. The van der Waals surface area contributed by atoms with E-state index in [1.807, 2.05) is 11.6 Å². The van der Waals surface area contributed by atoms with E-state index in [0.29, 0.717) is 45.1 Å². The topological polar surface area (TPSA) is 186 Å². The molecule has 244 valence electrons. The lowest BCUT2D eigenvalue weighted by molar-refractivity contribution is -0.0989. The van der Waals surface area contributed by atoms with Crippen LogP contribution in [0, 0.1) is 46.9 Å². The van der Waals surface area contributed by atoms with Gasteiger partial charge in [-0.25, -0.2) is 14.2 Å². The van der Waals surface area contributed by atoms with Gasteiger partial charge in [-0.15, -0.1) is 5.10 Å². The van der Waals surface area contributed by atoms with Crippen molar-refractivity contribution in [1.29, 1.82) is 10.5 Å². The van der Waals surface area contributed by atoms with Gasteiger partial charge >= 0.3 is 7.82 Å². The Labute approximate surface area is 271 Å². The molecule has 0 amide bonds. The Morgan fingerprint density at radius 2 is 1.91 bits per heavy atom. The Balaban J connectivity index is 1.58. The highest BCUT2D eigenvalue weighted by Gasteiger charge is 2.59. The van der Waals surface area contributed by atoms with E-state index >= 15 is 0 Å². The number of aromatic nitrogens is 5. The molecule has 4 aromatic rings. The van der Waals surface area contributed by atoms with Crippen LogP contribution in [0.3, 0.4) is 0 Å². The Hall–Kier alpha value is -4.46. The summed E-state index contributed by atoms with van der Waals surface area (Å²) in [5.41, 5.74) is 2.39. The van der Waals surface area contributed by atoms with Crippen molar-refractivity contribution in [3.8, 4) is 12.1 Å². The molecule has 3 heterocycles. The maximum absolute atomic E-state index is 14.3. The van der Waals surface area contributed by atoms with Crippen LogP contribution in [0.1, 0.15) is 81.1 Å². The highest BCUT2D eigenvalue weighted by atomic mass is 31.2. The van der Waals surface area contributed by atoms with Gasteiger partial charge in [0.2, 0.25) is 5.95 Å². The molecule has 3 aliphatic rings. The number of hydrogen-bond acceptors (Lipinski definition) is 10. The zero-order valence-electron chi connectivity index (χ0n) is 26.6. The number of aryl methyl sites for hydroxylation is 1. The Bertz CT molecular complexity index is 1990. The smallest absolute Gasteiger partial charge is 0.380 e. The molecule has 0 saturated heterocycles. The number of rotatable bonds is 10. The first-order valence-corrected chi connectivity index (χ1v) is 16.7. The van der Waals surface area contributed by atoms with Gasteiger partial charge in [0.15, 0.2) is 0 Å². The molecule has 7 rings (SSSR count). The predicted octanol–water partition coefficient (Wildman–Crippen LogP) is 5.43. The fourth-order valence-corrected chi connectivity index (χ4v) is 6.59. The zero-order chi connectivity index (χ0) is 33.9. The van der Waals surface area contributed by atoms with E-state index in [1.54, 1.807) is 19.2 Å². The molecule has 15 heteroatoms. The average Bonchev–Trinajstić information content (AvgIpc) is 3.41. The molecule has 2 atom stereocenters. The van der Waals surface area contributed by atoms with Crippen molar-refractivity contribution in [3.63, 3.8) is 0 Å². The average molecular weight is 660 g/mol. The highest BCUT2D eigenvalue weighted by molar-refractivity contribution is 7.46. The quantitative estimate of drug-likeness (QED) is 0.112. The van der Waals surface area contributed by atoms with Gasteiger partial charge in [-0.05, 0) is 62.6 Å². The van der Waals surface area contributed by atoms with E-state index in [2.05, 4.69) is 58.5 Å². The molecule has 47 heavy (non-hydrogen) atoms. The normalized spacial score (nSPS) is 20.0. The summed E-state index contributed by atoms with van der Waals surface area (Å²) in [6.07, 6.45) is 6.20. The largest absolute Gasteiger partial charge is 0.471 e. The molecule has 3 N–H and O–H groups in total. The van der Waals surface area contributed by atoms with E-state index in [9.17, 15) is 29.3 Å². The second-order valence-corrected chi connectivity index (χ2v) is 14.9. The van der Waals surface area contributed by atoms with Crippen molar-refractivity contribution in [1.82, 2.24) is 25.0 Å². The van der Waals surface area contributed by atoms with Crippen LogP contribution in [0.25, 0.3) is 10.9 Å². The summed E-state index contributed by atoms with van der Waals surface area (Å²) >= 11 is 0. The van der Waals surface area contributed by atoms with Crippen LogP contribution < -0.4 is 10.2 Å². The van der Waals surface area contributed by atoms with Crippen LogP contribution in [-0.4, -0.2) is 47.5 Å². The number of pyridine rings is 2. The molecular formula is C32H35FN9O4P. The molecular weight excluding hydrogens is 624 g/mol. The SMILES string of the molecule is Cc1nc(F)ccc1C(c1cn(C23CC(C2)C3)nn1)N(COP(=O)(O)O)c1cc(C#N)c2ncc(C#N)c(N[C@H](C)C(C)(C)C)c2c1. The summed E-state index contributed by atoms with van der Waals surface area (Å²) in [4.78, 5) is 29.6. The number of nitrogens with one attached hydrogen (secondary N) is 1. The molecule has 0 radical (unpaired) electrons. The summed E-state index contributed by atoms with van der Waals surface area (Å²) in [7, 11) is -5.01. The maximum atomic E-state index is 14.3. The van der Waals surface area contributed by atoms with Crippen molar-refractivity contribution in [2.24, 2.45) is 11.3 Å². The number of phosphoric acid groups is 1. The van der Waals surface area contributed by atoms with Gasteiger partial charge in [0.25, 0.3) is 0 Å². The fraction of sp³-hybridized carbons (Fsp3) is 0.438. The van der Waals surface area contributed by atoms with Crippen molar-refractivity contribution in [2.45, 2.75) is 71.5 Å². The second-order valence-electron chi connectivity index (χ2n) is 13.6. The fourth-order valence-electron chi connectivity index (χ4n) is 6.31. The summed E-state index contributed by atoms with van der Waals surface area (Å²) < 4.78 is 33.3. The molecule has 3 saturated carbocycles. The summed E-state index contributed by atoms with van der Waals surface area (Å²) in [6, 6.07) is 9.27. The molecule has 1 aromatic carbocycles. The van der Waals surface area contributed by atoms with E-state index in [1.165, 1.54) is 29.3 Å². The lowest BCUT2D eigenvalue weighted by Gasteiger charge is -2.61. The lowest BCUT2D eigenvalue weighted by Crippen LogP contribution is -2.59. The number of benzene rings is 1. The molecule has 0 spiro atoms. The minimum atomic E-state index is -5.01. The van der Waals surface area contributed by atoms with Crippen molar-refractivity contribution in [2.75, 3.05) is 16.9 Å². The maximum Gasteiger partial charge on any atom is 0.471 e. The molecule has 2 bridgehead atoms. The third-order valence-electron chi connectivity index (χ3n) is 9.54. The molecule has 3 aliphatic carbocycles. The molecule has 3 fully saturated rings. The molecule has 13 nitrogen and oxygen atoms in total. The van der Waals surface area contributed by atoms with Gasteiger partial charge < -0.3 is 20.0 Å². The van der Waals surface area contributed by atoms with Gasteiger partial charge in [0.05, 0.1) is 34.1 Å². The Morgan fingerprint density at radius 3 is 2.49 bits per heavy atom. The van der Waals surface area contributed by atoms with Crippen LogP contribution >= 0.6 is 7.82 Å². The summed E-state index contributed by atoms with van der Waals surface area (Å²) in [5.74, 6) is -0.0235. The first kappa shape index (κ1) is 32.5. The van der Waals surface area contributed by atoms with Gasteiger partial charge in [0.1, 0.15) is 30.6 Å². The number of halogens is 1. The van der Waals surface area contributed by atoms with Gasteiger partial charge in [-0.2, -0.15) is 14.9 Å².